The van der Waals surface area contributed by atoms with Gasteiger partial charge in [0.1, 0.15) is 0 Å². The van der Waals surface area contributed by atoms with E-state index in [0.717, 1.165) is 11.1 Å². The van der Waals surface area contributed by atoms with Crippen molar-refractivity contribution in [1.29, 1.82) is 0 Å². The highest BCUT2D eigenvalue weighted by molar-refractivity contribution is 9.10. The Hall–Kier alpha value is -0.510. The maximum Gasteiger partial charge on any atom is 0.173 e. The van der Waals surface area contributed by atoms with Crippen molar-refractivity contribution in [2.75, 3.05) is 0 Å². The molecule has 2 aromatic heterocycles. The Morgan fingerprint density at radius 3 is 2.88 bits per heavy atom. The van der Waals surface area contributed by atoms with Crippen LogP contribution in [-0.4, -0.2) is 4.98 Å². The molecule has 1 unspecified atom stereocenters. The molecule has 1 atom stereocenters. The monoisotopic (exact) mass is 319 g/mol. The van der Waals surface area contributed by atoms with Gasteiger partial charge in [-0.15, -0.1) is 11.6 Å². The molecule has 0 aliphatic rings. The summed E-state index contributed by atoms with van der Waals surface area (Å²) < 4.78 is 5.80. The zero-order chi connectivity index (χ0) is 11.5. The van der Waals surface area contributed by atoms with Crippen LogP contribution in [0.5, 0.6) is 0 Å². The van der Waals surface area contributed by atoms with Crippen molar-refractivity contribution in [3.05, 3.63) is 51.6 Å². The summed E-state index contributed by atoms with van der Waals surface area (Å²) in [4.78, 5) is 3.93. The van der Waals surface area contributed by atoms with Crippen LogP contribution in [0.3, 0.4) is 0 Å². The molecule has 0 saturated heterocycles. The van der Waals surface area contributed by atoms with E-state index in [4.69, 9.17) is 27.6 Å². The average molecular weight is 321 g/mol. The normalized spacial score (nSPS) is 12.7. The number of nitrogens with zero attached hydrogens (tertiary/aromatic N) is 1. The molecule has 0 aliphatic heterocycles. The molecule has 0 N–H and O–H groups in total. The van der Waals surface area contributed by atoms with E-state index in [1.54, 1.807) is 18.7 Å². The fraction of sp³-hybridized carbons (Fsp3) is 0.182. The van der Waals surface area contributed by atoms with Gasteiger partial charge in [-0.1, -0.05) is 11.6 Å². The molecule has 0 aliphatic carbocycles. The Labute approximate surface area is 112 Å². The summed E-state index contributed by atoms with van der Waals surface area (Å²) in [7, 11) is 0. The lowest BCUT2D eigenvalue weighted by Gasteiger charge is -2.08. The van der Waals surface area contributed by atoms with Crippen molar-refractivity contribution >= 4 is 39.1 Å². The van der Waals surface area contributed by atoms with E-state index in [0.29, 0.717) is 16.1 Å². The van der Waals surface area contributed by atoms with Crippen LogP contribution in [0.25, 0.3) is 0 Å². The van der Waals surface area contributed by atoms with Crippen molar-refractivity contribution in [3.8, 4) is 0 Å². The van der Waals surface area contributed by atoms with Crippen LogP contribution in [0.1, 0.15) is 16.5 Å². The lowest BCUT2D eigenvalue weighted by atomic mass is 10.1. The minimum absolute atomic E-state index is 0.173. The van der Waals surface area contributed by atoms with Crippen LogP contribution in [-0.2, 0) is 6.42 Å². The zero-order valence-corrected chi connectivity index (χ0v) is 11.3. The fourth-order valence-corrected chi connectivity index (χ4v) is 2.58. The first kappa shape index (κ1) is 12.0. The first-order chi connectivity index (χ1) is 7.68. The second kappa shape index (κ2) is 5.21. The standard InChI is InChI=1S/C11H8BrCl2NO/c12-11-8(2-4-16-11)9(13)5-7-1-3-15-6-10(7)14/h1-4,6,9H,5H2. The van der Waals surface area contributed by atoms with Gasteiger partial charge in [0.15, 0.2) is 4.67 Å². The van der Waals surface area contributed by atoms with Gasteiger partial charge in [0.25, 0.3) is 0 Å². The Morgan fingerprint density at radius 1 is 1.44 bits per heavy atom. The summed E-state index contributed by atoms with van der Waals surface area (Å²) in [5, 5.41) is 0.459. The molecule has 0 fully saturated rings. The van der Waals surface area contributed by atoms with Gasteiger partial charge >= 0.3 is 0 Å². The van der Waals surface area contributed by atoms with E-state index in [9.17, 15) is 0 Å². The number of halogens is 3. The molecule has 5 heteroatoms. The molecule has 2 aromatic rings. The predicted octanol–water partition coefficient (Wildman–Crippen LogP) is 4.61. The van der Waals surface area contributed by atoms with Crippen LogP contribution in [0.2, 0.25) is 5.02 Å². The molecular weight excluding hydrogens is 313 g/mol. The Kier molecular flexibility index (Phi) is 3.90. The van der Waals surface area contributed by atoms with Gasteiger partial charge in [0.2, 0.25) is 0 Å². The fourth-order valence-electron chi connectivity index (χ4n) is 1.40. The highest BCUT2D eigenvalue weighted by Crippen LogP contribution is 2.33. The summed E-state index contributed by atoms with van der Waals surface area (Å²) >= 11 is 15.6. The minimum atomic E-state index is -0.173. The molecule has 0 amide bonds. The summed E-state index contributed by atoms with van der Waals surface area (Å²) in [6.45, 7) is 0. The quantitative estimate of drug-likeness (QED) is 0.772. The van der Waals surface area contributed by atoms with Crippen molar-refractivity contribution in [2.24, 2.45) is 0 Å². The Bertz CT molecular complexity index is 486. The highest BCUT2D eigenvalue weighted by Gasteiger charge is 2.15. The molecule has 0 spiro atoms. The topological polar surface area (TPSA) is 26.0 Å². The maximum absolute atomic E-state index is 6.29. The van der Waals surface area contributed by atoms with E-state index < -0.39 is 0 Å². The number of hydrogen-bond donors (Lipinski definition) is 0. The lowest BCUT2D eigenvalue weighted by molar-refractivity contribution is 0.536. The molecule has 2 heterocycles. The van der Waals surface area contributed by atoms with Gasteiger partial charge < -0.3 is 4.42 Å². The number of pyridine rings is 1. The van der Waals surface area contributed by atoms with Crippen LogP contribution in [0.15, 0.2) is 39.9 Å². The molecule has 0 radical (unpaired) electrons. The van der Waals surface area contributed by atoms with E-state index in [-0.39, 0.29) is 5.38 Å². The predicted molar refractivity (Wildman–Crippen MR) is 68.0 cm³/mol. The zero-order valence-electron chi connectivity index (χ0n) is 8.16. The summed E-state index contributed by atoms with van der Waals surface area (Å²) in [5.74, 6) is 0. The number of hydrogen-bond acceptors (Lipinski definition) is 2. The van der Waals surface area contributed by atoms with Gasteiger partial charge in [0, 0.05) is 18.0 Å². The highest BCUT2D eigenvalue weighted by atomic mass is 79.9. The van der Waals surface area contributed by atoms with E-state index in [1.165, 1.54) is 0 Å². The van der Waals surface area contributed by atoms with Crippen molar-refractivity contribution in [3.63, 3.8) is 0 Å². The molecule has 2 rings (SSSR count). The maximum atomic E-state index is 6.29. The summed E-state index contributed by atoms with van der Waals surface area (Å²) in [6.07, 6.45) is 5.56. The Balaban J connectivity index is 2.17. The molecule has 16 heavy (non-hydrogen) atoms. The summed E-state index contributed by atoms with van der Waals surface area (Å²) in [5.41, 5.74) is 1.90. The SMILES string of the molecule is Clc1cnccc1CC(Cl)c1ccoc1Br. The third-order valence-electron chi connectivity index (χ3n) is 2.24. The molecule has 84 valence electrons. The van der Waals surface area contributed by atoms with Crippen LogP contribution in [0.4, 0.5) is 0 Å². The molecule has 0 bridgehead atoms. The van der Waals surface area contributed by atoms with Crippen LogP contribution in [0, 0.1) is 0 Å². The molecule has 0 saturated carbocycles. The van der Waals surface area contributed by atoms with Gasteiger partial charge in [-0.2, -0.15) is 0 Å². The molecular formula is C11H8BrCl2NO. The van der Waals surface area contributed by atoms with Gasteiger partial charge in [-0.05, 0) is 40.0 Å². The largest absolute Gasteiger partial charge is 0.457 e. The minimum Gasteiger partial charge on any atom is -0.457 e. The number of aromatic nitrogens is 1. The van der Waals surface area contributed by atoms with Crippen molar-refractivity contribution < 1.29 is 4.42 Å². The first-order valence-corrected chi connectivity index (χ1v) is 6.24. The molecule has 0 aromatic carbocycles. The lowest BCUT2D eigenvalue weighted by Crippen LogP contribution is -1.96. The molecule has 2 nitrogen and oxygen atoms in total. The van der Waals surface area contributed by atoms with Crippen LogP contribution < -0.4 is 0 Å². The van der Waals surface area contributed by atoms with Gasteiger partial charge in [0.05, 0.1) is 16.7 Å². The van der Waals surface area contributed by atoms with Crippen molar-refractivity contribution in [1.82, 2.24) is 4.98 Å². The second-order valence-electron chi connectivity index (χ2n) is 3.29. The number of alkyl halides is 1. The third kappa shape index (κ3) is 2.59. The van der Waals surface area contributed by atoms with Gasteiger partial charge in [-0.3, -0.25) is 4.98 Å². The van der Waals surface area contributed by atoms with Crippen molar-refractivity contribution in [2.45, 2.75) is 11.8 Å². The first-order valence-electron chi connectivity index (χ1n) is 4.64. The second-order valence-corrected chi connectivity index (χ2v) is 4.94. The van der Waals surface area contributed by atoms with E-state index in [2.05, 4.69) is 20.9 Å². The smallest absolute Gasteiger partial charge is 0.173 e. The third-order valence-corrected chi connectivity index (χ3v) is 3.61. The summed E-state index contributed by atoms with van der Waals surface area (Å²) in [6, 6.07) is 3.71. The average Bonchev–Trinajstić information content (AvgIpc) is 2.68. The Morgan fingerprint density at radius 2 is 2.25 bits per heavy atom. The van der Waals surface area contributed by atoms with E-state index >= 15 is 0 Å². The number of furan rings is 1. The number of rotatable bonds is 3. The van der Waals surface area contributed by atoms with E-state index in [1.807, 2.05) is 12.1 Å². The van der Waals surface area contributed by atoms with Gasteiger partial charge in [-0.25, -0.2) is 0 Å². The van der Waals surface area contributed by atoms with Crippen LogP contribution >= 0.6 is 39.1 Å².